The van der Waals surface area contributed by atoms with Crippen LogP contribution in [-0.4, -0.2) is 35.8 Å². The quantitative estimate of drug-likeness (QED) is 0.649. The minimum absolute atomic E-state index is 0.0103. The van der Waals surface area contributed by atoms with Gasteiger partial charge in [0.25, 0.3) is 0 Å². The van der Waals surface area contributed by atoms with Gasteiger partial charge in [0.15, 0.2) is 0 Å². The van der Waals surface area contributed by atoms with Gasteiger partial charge in [-0.3, -0.25) is 9.59 Å². The summed E-state index contributed by atoms with van der Waals surface area (Å²) in [5, 5.41) is 0. The molecule has 0 aromatic heterocycles. The molecule has 0 aromatic rings. The van der Waals surface area contributed by atoms with Crippen molar-refractivity contribution in [3.05, 3.63) is 0 Å². The average Bonchev–Trinajstić information content (AvgIpc) is 2.23. The maximum atomic E-state index is 11.9. The molecule has 0 aliphatic rings. The third-order valence-corrected chi connectivity index (χ3v) is 2.75. The largest absolute Gasteiger partial charge is 0.368 e. The van der Waals surface area contributed by atoms with Gasteiger partial charge in [-0.15, -0.1) is 0 Å². The Labute approximate surface area is 104 Å². The van der Waals surface area contributed by atoms with E-state index in [1.807, 2.05) is 20.8 Å². The number of nitrogens with two attached hydrogens (primary N) is 2. The third-order valence-electron chi connectivity index (χ3n) is 2.75. The fraction of sp³-hybridized carbons (Fsp3) is 0.833. The van der Waals surface area contributed by atoms with Crippen molar-refractivity contribution in [3.63, 3.8) is 0 Å². The van der Waals surface area contributed by atoms with E-state index in [9.17, 15) is 9.59 Å². The fourth-order valence-corrected chi connectivity index (χ4v) is 1.40. The second-order valence-electron chi connectivity index (χ2n) is 4.75. The van der Waals surface area contributed by atoms with Gasteiger partial charge in [0.05, 0.1) is 6.54 Å². The van der Waals surface area contributed by atoms with Crippen molar-refractivity contribution in [1.82, 2.24) is 4.90 Å². The van der Waals surface area contributed by atoms with E-state index in [-0.39, 0.29) is 30.8 Å². The van der Waals surface area contributed by atoms with Crippen LogP contribution in [0.3, 0.4) is 0 Å². The van der Waals surface area contributed by atoms with Gasteiger partial charge in [-0.1, -0.05) is 27.2 Å². The molecule has 1 unspecified atom stereocenters. The van der Waals surface area contributed by atoms with Crippen molar-refractivity contribution in [3.8, 4) is 0 Å². The van der Waals surface area contributed by atoms with E-state index in [0.29, 0.717) is 6.54 Å². The number of carbonyl (C=O) groups is 2. The Kier molecular flexibility index (Phi) is 7.54. The smallest absolute Gasteiger partial charge is 0.237 e. The molecule has 0 aromatic carbocycles. The zero-order valence-corrected chi connectivity index (χ0v) is 11.1. The Morgan fingerprint density at radius 3 is 2.29 bits per heavy atom. The molecule has 100 valence electrons. The molecular formula is C12H25N3O2. The third kappa shape index (κ3) is 6.94. The van der Waals surface area contributed by atoms with Crippen LogP contribution in [0.1, 0.15) is 40.0 Å². The van der Waals surface area contributed by atoms with Crippen LogP contribution in [0.4, 0.5) is 0 Å². The molecule has 0 heterocycles. The molecule has 5 heteroatoms. The first-order valence-electron chi connectivity index (χ1n) is 6.20. The molecule has 0 saturated carbocycles. The summed E-state index contributed by atoms with van der Waals surface area (Å²) in [6, 6.07) is -0.167. The van der Waals surface area contributed by atoms with Crippen molar-refractivity contribution in [2.24, 2.45) is 17.4 Å². The van der Waals surface area contributed by atoms with Gasteiger partial charge in [0, 0.05) is 19.0 Å². The molecule has 0 saturated heterocycles. The highest BCUT2D eigenvalue weighted by molar-refractivity contribution is 5.84. The van der Waals surface area contributed by atoms with Crippen molar-refractivity contribution >= 4 is 11.8 Å². The number of rotatable bonds is 8. The number of primary amides is 1. The minimum Gasteiger partial charge on any atom is -0.368 e. The van der Waals surface area contributed by atoms with Crippen molar-refractivity contribution in [2.45, 2.75) is 46.1 Å². The average molecular weight is 243 g/mol. The second kappa shape index (κ2) is 8.06. The van der Waals surface area contributed by atoms with Crippen LogP contribution < -0.4 is 11.5 Å². The maximum Gasteiger partial charge on any atom is 0.237 e. The van der Waals surface area contributed by atoms with Gasteiger partial charge in [-0.05, 0) is 12.3 Å². The molecule has 0 bridgehead atoms. The van der Waals surface area contributed by atoms with Crippen molar-refractivity contribution < 1.29 is 9.59 Å². The van der Waals surface area contributed by atoms with Gasteiger partial charge in [0.1, 0.15) is 0 Å². The van der Waals surface area contributed by atoms with E-state index < -0.39 is 5.91 Å². The summed E-state index contributed by atoms with van der Waals surface area (Å²) in [5.41, 5.74) is 11.0. The summed E-state index contributed by atoms with van der Waals surface area (Å²) < 4.78 is 0. The van der Waals surface area contributed by atoms with E-state index in [4.69, 9.17) is 11.5 Å². The van der Waals surface area contributed by atoms with Gasteiger partial charge in [0.2, 0.25) is 11.8 Å². The first kappa shape index (κ1) is 15.9. The molecule has 17 heavy (non-hydrogen) atoms. The standard InChI is InChI=1S/C12H25N3O2/c1-4-5-6-15(8-11(14)16)12(17)7-10(13)9(2)3/h9-10H,4-8,13H2,1-3H3,(H2,14,16). The minimum atomic E-state index is -0.479. The van der Waals surface area contributed by atoms with E-state index in [1.54, 1.807) is 0 Å². The lowest BCUT2D eigenvalue weighted by Gasteiger charge is -2.24. The number of unbranched alkanes of at least 4 members (excludes halogenated alkanes) is 1. The molecular weight excluding hydrogens is 218 g/mol. The molecule has 0 aliphatic carbocycles. The summed E-state index contributed by atoms with van der Waals surface area (Å²) in [5.74, 6) is -0.313. The number of hydrogen-bond acceptors (Lipinski definition) is 3. The SMILES string of the molecule is CCCCN(CC(N)=O)C(=O)CC(N)C(C)C. The highest BCUT2D eigenvalue weighted by Crippen LogP contribution is 2.06. The normalized spacial score (nSPS) is 12.5. The Hall–Kier alpha value is -1.10. The highest BCUT2D eigenvalue weighted by Gasteiger charge is 2.19. The number of nitrogens with zero attached hydrogens (tertiary/aromatic N) is 1. The van der Waals surface area contributed by atoms with E-state index in [1.165, 1.54) is 4.90 Å². The topological polar surface area (TPSA) is 89.4 Å². The number of carbonyl (C=O) groups excluding carboxylic acids is 2. The summed E-state index contributed by atoms with van der Waals surface area (Å²) in [6.07, 6.45) is 2.11. The summed E-state index contributed by atoms with van der Waals surface area (Å²) in [7, 11) is 0. The van der Waals surface area contributed by atoms with Gasteiger partial charge in [-0.2, -0.15) is 0 Å². The zero-order chi connectivity index (χ0) is 13.4. The van der Waals surface area contributed by atoms with Crippen LogP contribution in [-0.2, 0) is 9.59 Å². The lowest BCUT2D eigenvalue weighted by Crippen LogP contribution is -2.42. The molecule has 2 amide bonds. The van der Waals surface area contributed by atoms with Crippen molar-refractivity contribution in [1.29, 1.82) is 0 Å². The van der Waals surface area contributed by atoms with Crippen LogP contribution in [0.2, 0.25) is 0 Å². The predicted molar refractivity (Wildman–Crippen MR) is 68.1 cm³/mol. The lowest BCUT2D eigenvalue weighted by atomic mass is 10.0. The van der Waals surface area contributed by atoms with Crippen molar-refractivity contribution in [2.75, 3.05) is 13.1 Å². The molecule has 0 spiro atoms. The monoisotopic (exact) mass is 243 g/mol. The molecule has 1 atom stereocenters. The van der Waals surface area contributed by atoms with Crippen LogP contribution in [0, 0.1) is 5.92 Å². The van der Waals surface area contributed by atoms with Crippen LogP contribution in [0.15, 0.2) is 0 Å². The van der Waals surface area contributed by atoms with Gasteiger partial charge < -0.3 is 16.4 Å². The maximum absolute atomic E-state index is 11.9. The van der Waals surface area contributed by atoms with E-state index >= 15 is 0 Å². The molecule has 0 radical (unpaired) electrons. The van der Waals surface area contributed by atoms with Crippen LogP contribution >= 0.6 is 0 Å². The lowest BCUT2D eigenvalue weighted by molar-refractivity contribution is -0.135. The van der Waals surface area contributed by atoms with Gasteiger partial charge in [-0.25, -0.2) is 0 Å². The highest BCUT2D eigenvalue weighted by atomic mass is 16.2. The fourth-order valence-electron chi connectivity index (χ4n) is 1.40. The number of hydrogen-bond donors (Lipinski definition) is 2. The Morgan fingerprint density at radius 2 is 1.88 bits per heavy atom. The Bertz CT molecular complexity index is 254. The van der Waals surface area contributed by atoms with Crippen LogP contribution in [0.25, 0.3) is 0 Å². The van der Waals surface area contributed by atoms with Gasteiger partial charge >= 0.3 is 0 Å². The molecule has 0 rings (SSSR count). The summed E-state index contributed by atoms with van der Waals surface area (Å²) in [4.78, 5) is 24.3. The molecule has 5 nitrogen and oxygen atoms in total. The second-order valence-corrected chi connectivity index (χ2v) is 4.75. The Balaban J connectivity index is 4.35. The van der Waals surface area contributed by atoms with Crippen LogP contribution in [0.5, 0.6) is 0 Å². The predicted octanol–water partition coefficient (Wildman–Crippen LogP) is 0.474. The zero-order valence-electron chi connectivity index (χ0n) is 11.1. The van der Waals surface area contributed by atoms with E-state index in [2.05, 4.69) is 0 Å². The number of amides is 2. The summed E-state index contributed by atoms with van der Waals surface area (Å²) in [6.45, 7) is 6.55. The first-order valence-corrected chi connectivity index (χ1v) is 6.20. The first-order chi connectivity index (χ1) is 7.88. The molecule has 0 fully saturated rings. The summed E-state index contributed by atoms with van der Waals surface area (Å²) >= 11 is 0. The Morgan fingerprint density at radius 1 is 1.29 bits per heavy atom. The van der Waals surface area contributed by atoms with E-state index in [0.717, 1.165) is 12.8 Å². The molecule has 4 N–H and O–H groups in total. The molecule has 0 aliphatic heterocycles.